The molecule has 0 aliphatic rings. The minimum atomic E-state index is 0.702. The molecule has 1 heterocycles. The van der Waals surface area contributed by atoms with Crippen LogP contribution in [0.3, 0.4) is 0 Å². The zero-order chi connectivity index (χ0) is 11.7. The maximum atomic E-state index is 5.90. The molecule has 0 atom stereocenters. The largest absolute Gasteiger partial charge is 0.383 e. The highest BCUT2D eigenvalue weighted by molar-refractivity contribution is 14.1. The smallest absolute Gasteiger partial charge is 0.135 e. The van der Waals surface area contributed by atoms with Crippen molar-refractivity contribution in [1.29, 1.82) is 0 Å². The molecule has 0 fully saturated rings. The molecule has 0 unspecified atom stereocenters. The zero-order valence-electron chi connectivity index (χ0n) is 8.74. The molecule has 3 nitrogen and oxygen atoms in total. The third kappa shape index (κ3) is 2.40. The Morgan fingerprint density at radius 2 is 2.25 bits per heavy atom. The normalized spacial score (nSPS) is 10.7. The van der Waals surface area contributed by atoms with Crippen molar-refractivity contribution in [2.75, 3.05) is 5.73 Å². The van der Waals surface area contributed by atoms with Gasteiger partial charge in [-0.15, -0.1) is 0 Å². The van der Waals surface area contributed by atoms with Crippen molar-refractivity contribution in [3.05, 3.63) is 43.6 Å². The maximum absolute atomic E-state index is 5.90. The summed E-state index contributed by atoms with van der Waals surface area (Å²) in [5.74, 6) is 0.720. The lowest BCUT2D eigenvalue weighted by Gasteiger charge is -2.06. The lowest BCUT2D eigenvalue weighted by Crippen LogP contribution is -2.06. The molecule has 2 N–H and O–H groups in total. The van der Waals surface area contributed by atoms with E-state index in [9.17, 15) is 0 Å². The maximum Gasteiger partial charge on any atom is 0.135 e. The summed E-state index contributed by atoms with van der Waals surface area (Å²) in [6.45, 7) is 2.77. The minimum absolute atomic E-state index is 0.702. The van der Waals surface area contributed by atoms with Crippen LogP contribution in [0.15, 0.2) is 28.9 Å². The van der Waals surface area contributed by atoms with Gasteiger partial charge in [0.05, 0.1) is 16.3 Å². The summed E-state index contributed by atoms with van der Waals surface area (Å²) in [5.41, 5.74) is 8.31. The molecule has 0 spiro atoms. The van der Waals surface area contributed by atoms with Gasteiger partial charge in [-0.3, -0.25) is 0 Å². The van der Waals surface area contributed by atoms with Crippen LogP contribution in [0.25, 0.3) is 0 Å². The quantitative estimate of drug-likeness (QED) is 0.799. The van der Waals surface area contributed by atoms with Crippen LogP contribution in [0, 0.1) is 10.5 Å². The van der Waals surface area contributed by atoms with E-state index >= 15 is 0 Å². The predicted molar refractivity (Wildman–Crippen MR) is 77.3 cm³/mol. The first-order valence-electron chi connectivity index (χ1n) is 4.79. The Bertz CT molecular complexity index is 522. The third-order valence-corrected chi connectivity index (χ3v) is 4.09. The summed E-state index contributed by atoms with van der Waals surface area (Å²) >= 11 is 5.70. The van der Waals surface area contributed by atoms with Gasteiger partial charge < -0.3 is 5.73 Å². The molecule has 0 saturated carbocycles. The lowest BCUT2D eigenvalue weighted by molar-refractivity contribution is 0.696. The highest BCUT2D eigenvalue weighted by atomic mass is 127. The summed E-state index contributed by atoms with van der Waals surface area (Å²) in [4.78, 5) is 0. The van der Waals surface area contributed by atoms with E-state index in [-0.39, 0.29) is 0 Å². The summed E-state index contributed by atoms with van der Waals surface area (Å²) in [6, 6.07) is 6.28. The second kappa shape index (κ2) is 4.75. The Balaban J connectivity index is 2.27. The van der Waals surface area contributed by atoms with E-state index in [2.05, 4.69) is 68.7 Å². The Morgan fingerprint density at radius 3 is 2.81 bits per heavy atom. The van der Waals surface area contributed by atoms with E-state index < -0.39 is 0 Å². The summed E-state index contributed by atoms with van der Waals surface area (Å²) in [5, 5.41) is 4.23. The molecular formula is C11H11BrIN3. The van der Waals surface area contributed by atoms with Gasteiger partial charge in [0.2, 0.25) is 0 Å². The molecule has 5 heteroatoms. The molecule has 2 rings (SSSR count). The molecule has 84 valence electrons. The molecule has 0 amide bonds. The number of halogens is 2. The molecule has 0 saturated heterocycles. The molecule has 0 aliphatic heterocycles. The molecule has 16 heavy (non-hydrogen) atoms. The summed E-state index contributed by atoms with van der Waals surface area (Å²) in [6.07, 6.45) is 1.78. The number of aromatic nitrogens is 2. The molecule has 0 bridgehead atoms. The van der Waals surface area contributed by atoms with Crippen molar-refractivity contribution in [2.45, 2.75) is 13.5 Å². The van der Waals surface area contributed by atoms with Crippen LogP contribution in [0.4, 0.5) is 5.82 Å². The van der Waals surface area contributed by atoms with Crippen LogP contribution in [0.1, 0.15) is 11.1 Å². The number of nitrogens with two attached hydrogens (primary N) is 1. The van der Waals surface area contributed by atoms with Gasteiger partial charge in [-0.25, -0.2) is 4.68 Å². The first-order valence-corrected chi connectivity index (χ1v) is 6.67. The second-order valence-corrected chi connectivity index (χ2v) is 5.64. The molecule has 1 aromatic carbocycles. The Labute approximate surface area is 116 Å². The van der Waals surface area contributed by atoms with Gasteiger partial charge >= 0.3 is 0 Å². The van der Waals surface area contributed by atoms with Crippen LogP contribution in [-0.2, 0) is 6.54 Å². The number of rotatable bonds is 2. The van der Waals surface area contributed by atoms with Crippen LogP contribution in [0.5, 0.6) is 0 Å². The second-order valence-electron chi connectivity index (χ2n) is 3.62. The third-order valence-electron chi connectivity index (χ3n) is 2.40. The van der Waals surface area contributed by atoms with Gasteiger partial charge in [0.1, 0.15) is 5.82 Å². The highest BCUT2D eigenvalue weighted by Crippen LogP contribution is 2.20. The van der Waals surface area contributed by atoms with Crippen LogP contribution in [-0.4, -0.2) is 9.78 Å². The number of nitrogen functional groups attached to an aromatic ring is 1. The van der Waals surface area contributed by atoms with Gasteiger partial charge in [0, 0.05) is 4.47 Å². The van der Waals surface area contributed by atoms with E-state index in [4.69, 9.17) is 5.73 Å². The molecule has 0 radical (unpaired) electrons. The van der Waals surface area contributed by atoms with Crippen molar-refractivity contribution < 1.29 is 0 Å². The SMILES string of the molecule is Cc1ccc(Cn2ncc(I)c2N)cc1Br. The average molecular weight is 392 g/mol. The fourth-order valence-corrected chi connectivity index (χ4v) is 2.23. The van der Waals surface area contributed by atoms with E-state index in [0.29, 0.717) is 6.54 Å². The molecule has 2 aromatic rings. The van der Waals surface area contributed by atoms with Gasteiger partial charge in [0.25, 0.3) is 0 Å². The first kappa shape index (κ1) is 11.9. The fraction of sp³-hybridized carbons (Fsp3) is 0.182. The van der Waals surface area contributed by atoms with Crippen molar-refractivity contribution >= 4 is 44.3 Å². The summed E-state index contributed by atoms with van der Waals surface area (Å²) in [7, 11) is 0. The van der Waals surface area contributed by atoms with Gasteiger partial charge in [-0.2, -0.15) is 5.10 Å². The van der Waals surface area contributed by atoms with E-state index in [1.54, 1.807) is 10.9 Å². The van der Waals surface area contributed by atoms with E-state index in [0.717, 1.165) is 13.9 Å². The van der Waals surface area contributed by atoms with Crippen molar-refractivity contribution in [3.8, 4) is 0 Å². The number of hydrogen-bond acceptors (Lipinski definition) is 2. The molecule has 1 aromatic heterocycles. The van der Waals surface area contributed by atoms with Gasteiger partial charge in [-0.05, 0) is 46.7 Å². The topological polar surface area (TPSA) is 43.8 Å². The van der Waals surface area contributed by atoms with Crippen molar-refractivity contribution in [1.82, 2.24) is 9.78 Å². The van der Waals surface area contributed by atoms with E-state index in [1.807, 2.05) is 0 Å². The standard InChI is InChI=1S/C11H11BrIN3/c1-7-2-3-8(4-9(7)12)6-16-11(14)10(13)5-15-16/h2-5H,6,14H2,1H3. The lowest BCUT2D eigenvalue weighted by atomic mass is 10.1. The summed E-state index contributed by atoms with van der Waals surface area (Å²) < 4.78 is 3.91. The monoisotopic (exact) mass is 391 g/mol. The number of anilines is 1. The van der Waals surface area contributed by atoms with Crippen LogP contribution in [0.2, 0.25) is 0 Å². The Kier molecular flexibility index (Phi) is 3.53. The van der Waals surface area contributed by atoms with Crippen LogP contribution < -0.4 is 5.73 Å². The highest BCUT2D eigenvalue weighted by Gasteiger charge is 2.05. The Hall–Kier alpha value is -0.560. The Morgan fingerprint density at radius 1 is 1.50 bits per heavy atom. The predicted octanol–water partition coefficient (Wildman–Crippen LogP) is 3.19. The number of nitrogens with zero attached hydrogens (tertiary/aromatic N) is 2. The molecule has 0 aliphatic carbocycles. The number of hydrogen-bond donors (Lipinski definition) is 1. The number of aryl methyl sites for hydroxylation is 1. The van der Waals surface area contributed by atoms with Gasteiger partial charge in [-0.1, -0.05) is 28.1 Å². The number of benzene rings is 1. The fourth-order valence-electron chi connectivity index (χ4n) is 1.41. The average Bonchev–Trinajstić information content (AvgIpc) is 2.55. The molecular weight excluding hydrogens is 381 g/mol. The van der Waals surface area contributed by atoms with Crippen LogP contribution >= 0.6 is 38.5 Å². The van der Waals surface area contributed by atoms with Crippen molar-refractivity contribution in [2.24, 2.45) is 0 Å². The van der Waals surface area contributed by atoms with Gasteiger partial charge in [0.15, 0.2) is 0 Å². The van der Waals surface area contributed by atoms with E-state index in [1.165, 1.54) is 11.1 Å². The first-order chi connectivity index (χ1) is 7.58. The zero-order valence-corrected chi connectivity index (χ0v) is 12.5. The van der Waals surface area contributed by atoms with Crippen molar-refractivity contribution in [3.63, 3.8) is 0 Å². The minimum Gasteiger partial charge on any atom is -0.383 e.